The zero-order valence-corrected chi connectivity index (χ0v) is 8.33. The molecular weight excluding hydrogens is 180 g/mol. The Hall–Kier alpha value is -0.930. The highest BCUT2D eigenvalue weighted by atomic mass is 16.7. The van der Waals surface area contributed by atoms with E-state index in [1.807, 2.05) is 0 Å². The maximum atomic E-state index is 11.6. The van der Waals surface area contributed by atoms with Crippen LogP contribution in [0, 0.1) is 0 Å². The molecule has 0 N–H and O–H groups in total. The highest BCUT2D eigenvalue weighted by Crippen LogP contribution is 2.27. The van der Waals surface area contributed by atoms with Crippen molar-refractivity contribution in [3.63, 3.8) is 0 Å². The van der Waals surface area contributed by atoms with Gasteiger partial charge in [0.25, 0.3) is 0 Å². The number of rotatable bonds is 5. The van der Waals surface area contributed by atoms with Gasteiger partial charge in [-0.2, -0.15) is 0 Å². The molecule has 0 aromatic carbocycles. The molecule has 0 bridgehead atoms. The number of ketones is 1. The molecule has 1 heterocycles. The molecule has 0 saturated carbocycles. The second-order valence-corrected chi connectivity index (χ2v) is 3.23. The van der Waals surface area contributed by atoms with E-state index < -0.39 is 5.79 Å². The van der Waals surface area contributed by atoms with E-state index in [1.54, 1.807) is 6.08 Å². The maximum Gasteiger partial charge on any atom is 0.233 e. The van der Waals surface area contributed by atoms with Gasteiger partial charge in [0.05, 0.1) is 13.2 Å². The smallest absolute Gasteiger partial charge is 0.233 e. The van der Waals surface area contributed by atoms with Crippen LogP contribution in [-0.4, -0.2) is 24.8 Å². The normalized spacial score (nSPS) is 26.9. The number of hydrogen-bond acceptors (Lipinski definition) is 3. The topological polar surface area (TPSA) is 35.5 Å². The Morgan fingerprint density at radius 2 is 2.29 bits per heavy atom. The summed E-state index contributed by atoms with van der Waals surface area (Å²) in [7, 11) is 0. The third-order valence-corrected chi connectivity index (χ3v) is 2.23. The van der Waals surface area contributed by atoms with E-state index in [2.05, 4.69) is 13.2 Å². The number of hydrogen-bond donors (Lipinski definition) is 0. The number of ether oxygens (including phenoxy) is 2. The lowest BCUT2D eigenvalue weighted by Crippen LogP contribution is -2.46. The molecule has 0 radical (unpaired) electrons. The lowest BCUT2D eigenvalue weighted by molar-refractivity contribution is -0.235. The highest BCUT2D eigenvalue weighted by Gasteiger charge is 2.40. The summed E-state index contributed by atoms with van der Waals surface area (Å²) < 4.78 is 10.8. The predicted octanol–water partition coefficient (Wildman–Crippen LogP) is 1.84. The Kier molecular flexibility index (Phi) is 4.04. The molecule has 0 spiro atoms. The van der Waals surface area contributed by atoms with Crippen molar-refractivity contribution in [2.45, 2.75) is 25.0 Å². The van der Waals surface area contributed by atoms with Crippen molar-refractivity contribution in [2.24, 2.45) is 0 Å². The minimum Gasteiger partial charge on any atom is -0.343 e. The van der Waals surface area contributed by atoms with Crippen molar-refractivity contribution in [3.8, 4) is 0 Å². The van der Waals surface area contributed by atoms with Crippen molar-refractivity contribution in [1.29, 1.82) is 0 Å². The van der Waals surface area contributed by atoms with E-state index in [9.17, 15) is 4.79 Å². The predicted molar refractivity (Wildman–Crippen MR) is 53.9 cm³/mol. The van der Waals surface area contributed by atoms with E-state index in [1.165, 1.54) is 6.08 Å². The van der Waals surface area contributed by atoms with Crippen molar-refractivity contribution >= 4 is 5.78 Å². The quantitative estimate of drug-likeness (QED) is 0.497. The van der Waals surface area contributed by atoms with Crippen LogP contribution in [0.15, 0.2) is 25.3 Å². The fourth-order valence-corrected chi connectivity index (χ4v) is 1.50. The molecule has 1 aliphatic heterocycles. The van der Waals surface area contributed by atoms with Crippen LogP contribution >= 0.6 is 0 Å². The van der Waals surface area contributed by atoms with Gasteiger partial charge in [-0.3, -0.25) is 4.79 Å². The summed E-state index contributed by atoms with van der Waals surface area (Å²) in [4.78, 5) is 11.6. The molecule has 0 aliphatic carbocycles. The maximum absolute atomic E-state index is 11.6. The Balaban J connectivity index is 2.70. The van der Waals surface area contributed by atoms with E-state index in [-0.39, 0.29) is 5.78 Å². The molecule has 1 aliphatic rings. The summed E-state index contributed by atoms with van der Waals surface area (Å²) in [6.07, 6.45) is 5.39. The van der Waals surface area contributed by atoms with Crippen LogP contribution in [0.1, 0.15) is 19.3 Å². The van der Waals surface area contributed by atoms with Gasteiger partial charge in [-0.05, 0) is 18.9 Å². The van der Waals surface area contributed by atoms with Crippen LogP contribution in [0.3, 0.4) is 0 Å². The van der Waals surface area contributed by atoms with Crippen molar-refractivity contribution in [2.75, 3.05) is 13.2 Å². The van der Waals surface area contributed by atoms with Gasteiger partial charge < -0.3 is 9.47 Å². The molecule has 0 aromatic heterocycles. The van der Waals surface area contributed by atoms with E-state index in [4.69, 9.17) is 9.47 Å². The lowest BCUT2D eigenvalue weighted by Gasteiger charge is -2.34. The molecule has 1 fully saturated rings. The zero-order chi connectivity index (χ0) is 10.4. The average Bonchev–Trinajstić information content (AvgIpc) is 2.26. The standard InChI is InChI=1S/C11H16O3/c1-3-8-13-11(10(12)4-2)7-5-6-9-14-11/h3-4H,1-2,5-9H2/t11-/m1/s1. The number of carbonyl (C=O) groups is 1. The molecule has 0 aromatic rings. The Labute approximate surface area is 84.4 Å². The molecule has 0 amide bonds. The minimum absolute atomic E-state index is 0.195. The first-order valence-electron chi connectivity index (χ1n) is 4.81. The zero-order valence-electron chi connectivity index (χ0n) is 8.33. The van der Waals surface area contributed by atoms with Gasteiger partial charge in [0.1, 0.15) is 0 Å². The highest BCUT2D eigenvalue weighted by molar-refractivity contribution is 5.95. The van der Waals surface area contributed by atoms with Gasteiger partial charge in [-0.25, -0.2) is 0 Å². The van der Waals surface area contributed by atoms with E-state index in [0.29, 0.717) is 19.6 Å². The van der Waals surface area contributed by atoms with Crippen LogP contribution in [0.25, 0.3) is 0 Å². The Bertz CT molecular complexity index is 227. The Morgan fingerprint density at radius 1 is 1.50 bits per heavy atom. The summed E-state index contributed by atoms with van der Waals surface area (Å²) >= 11 is 0. The third-order valence-electron chi connectivity index (χ3n) is 2.23. The second-order valence-electron chi connectivity index (χ2n) is 3.23. The summed E-state index contributed by atoms with van der Waals surface area (Å²) in [6, 6.07) is 0. The lowest BCUT2D eigenvalue weighted by atomic mass is 10.0. The molecule has 3 heteroatoms. The van der Waals surface area contributed by atoms with Crippen molar-refractivity contribution < 1.29 is 14.3 Å². The molecule has 3 nitrogen and oxygen atoms in total. The van der Waals surface area contributed by atoms with Gasteiger partial charge in [-0.15, -0.1) is 6.58 Å². The van der Waals surface area contributed by atoms with Crippen molar-refractivity contribution in [3.05, 3.63) is 25.3 Å². The van der Waals surface area contributed by atoms with E-state index >= 15 is 0 Å². The second kappa shape index (κ2) is 5.08. The summed E-state index contributed by atoms with van der Waals surface area (Å²) in [5.74, 6) is -1.28. The molecule has 1 saturated heterocycles. The Morgan fingerprint density at radius 3 is 2.79 bits per heavy atom. The monoisotopic (exact) mass is 196 g/mol. The van der Waals surface area contributed by atoms with Crippen LogP contribution in [0.4, 0.5) is 0 Å². The van der Waals surface area contributed by atoms with Crippen LogP contribution in [0.5, 0.6) is 0 Å². The van der Waals surface area contributed by atoms with Gasteiger partial charge in [-0.1, -0.05) is 12.7 Å². The first-order valence-corrected chi connectivity index (χ1v) is 4.81. The first kappa shape index (κ1) is 11.1. The fraction of sp³-hybridized carbons (Fsp3) is 0.545. The fourth-order valence-electron chi connectivity index (χ4n) is 1.50. The molecule has 78 valence electrons. The van der Waals surface area contributed by atoms with Crippen LogP contribution in [-0.2, 0) is 14.3 Å². The average molecular weight is 196 g/mol. The molecule has 1 atom stereocenters. The minimum atomic E-state index is -1.09. The van der Waals surface area contributed by atoms with E-state index in [0.717, 1.165) is 12.8 Å². The molecule has 14 heavy (non-hydrogen) atoms. The van der Waals surface area contributed by atoms with Gasteiger partial charge in [0.15, 0.2) is 0 Å². The molecular formula is C11H16O3. The van der Waals surface area contributed by atoms with Gasteiger partial charge >= 0.3 is 0 Å². The van der Waals surface area contributed by atoms with Gasteiger partial charge in [0, 0.05) is 6.42 Å². The summed E-state index contributed by atoms with van der Waals surface area (Å²) in [5.41, 5.74) is 0. The first-order chi connectivity index (χ1) is 6.75. The molecule has 1 rings (SSSR count). The summed E-state index contributed by atoms with van der Waals surface area (Å²) in [6.45, 7) is 7.88. The largest absolute Gasteiger partial charge is 0.343 e. The number of carbonyl (C=O) groups excluding carboxylic acids is 1. The van der Waals surface area contributed by atoms with Crippen molar-refractivity contribution in [1.82, 2.24) is 0 Å². The van der Waals surface area contributed by atoms with Crippen LogP contribution in [0.2, 0.25) is 0 Å². The van der Waals surface area contributed by atoms with Crippen LogP contribution < -0.4 is 0 Å². The molecule has 0 unspecified atom stereocenters. The van der Waals surface area contributed by atoms with Gasteiger partial charge in [0.2, 0.25) is 11.6 Å². The SMILES string of the molecule is C=CCO[C@]1(C(=O)C=C)CCCCO1. The summed E-state index contributed by atoms with van der Waals surface area (Å²) in [5, 5.41) is 0. The third kappa shape index (κ3) is 2.30.